The number of ether oxygens (including phenoxy) is 1. The topological polar surface area (TPSA) is 49.7 Å². The van der Waals surface area contributed by atoms with Crippen molar-refractivity contribution in [3.05, 3.63) is 59.2 Å². The first kappa shape index (κ1) is 13.2. The van der Waals surface area contributed by atoms with Gasteiger partial charge in [0.15, 0.2) is 0 Å². The largest absolute Gasteiger partial charge is 0.489 e. The lowest BCUT2D eigenvalue weighted by atomic mass is 9.80. The Kier molecular flexibility index (Phi) is 3.76. The Morgan fingerprint density at radius 3 is 2.45 bits per heavy atom. The van der Waals surface area contributed by atoms with Crippen LogP contribution in [0.1, 0.15) is 23.1 Å². The van der Waals surface area contributed by atoms with Gasteiger partial charge in [0, 0.05) is 0 Å². The van der Waals surface area contributed by atoms with Crippen LogP contribution >= 0.6 is 0 Å². The predicted octanol–water partition coefficient (Wildman–Crippen LogP) is 1.43. The minimum Gasteiger partial charge on any atom is -0.489 e. The third-order valence-corrected chi connectivity index (χ3v) is 3.75. The molecule has 0 bridgehead atoms. The van der Waals surface area contributed by atoms with Gasteiger partial charge in [0.2, 0.25) is 0 Å². The van der Waals surface area contributed by atoms with Crippen LogP contribution < -0.4 is 10.2 Å². The van der Waals surface area contributed by atoms with Crippen molar-refractivity contribution in [2.24, 2.45) is 0 Å². The molecule has 0 unspecified atom stereocenters. The molecule has 0 saturated carbocycles. The standard InChI is InChI=1S/C16H17BO3/c18-17(19)15-7-4-12(5-8-15)11-20-16-9-6-13-2-1-3-14(13)10-16/h4-10,18-19H,1-3,11H2. The molecule has 0 spiro atoms. The maximum Gasteiger partial charge on any atom is 0.488 e. The second kappa shape index (κ2) is 5.69. The third kappa shape index (κ3) is 2.87. The first-order valence-corrected chi connectivity index (χ1v) is 6.92. The molecule has 0 saturated heterocycles. The van der Waals surface area contributed by atoms with Crippen molar-refractivity contribution in [1.29, 1.82) is 0 Å². The summed E-state index contributed by atoms with van der Waals surface area (Å²) < 4.78 is 5.79. The summed E-state index contributed by atoms with van der Waals surface area (Å²) in [4.78, 5) is 0. The molecule has 102 valence electrons. The monoisotopic (exact) mass is 268 g/mol. The van der Waals surface area contributed by atoms with Crippen molar-refractivity contribution >= 4 is 12.6 Å². The zero-order valence-corrected chi connectivity index (χ0v) is 11.2. The summed E-state index contributed by atoms with van der Waals surface area (Å²) in [6, 6.07) is 13.4. The van der Waals surface area contributed by atoms with Gasteiger partial charge in [-0.25, -0.2) is 0 Å². The first-order chi connectivity index (χ1) is 9.72. The second-order valence-corrected chi connectivity index (χ2v) is 5.19. The van der Waals surface area contributed by atoms with Crippen LogP contribution in [0, 0.1) is 0 Å². The molecule has 2 aromatic carbocycles. The lowest BCUT2D eigenvalue weighted by molar-refractivity contribution is 0.306. The second-order valence-electron chi connectivity index (χ2n) is 5.19. The van der Waals surface area contributed by atoms with Gasteiger partial charge in [-0.15, -0.1) is 0 Å². The summed E-state index contributed by atoms with van der Waals surface area (Å²) in [7, 11) is -1.42. The molecule has 2 N–H and O–H groups in total. The highest BCUT2D eigenvalue weighted by atomic mass is 16.5. The summed E-state index contributed by atoms with van der Waals surface area (Å²) in [5.41, 5.74) is 4.35. The van der Waals surface area contributed by atoms with Crippen molar-refractivity contribution in [3.8, 4) is 5.75 Å². The maximum atomic E-state index is 9.04. The molecule has 0 aliphatic heterocycles. The number of hydrogen-bond acceptors (Lipinski definition) is 3. The minimum atomic E-state index is -1.42. The fourth-order valence-corrected chi connectivity index (χ4v) is 2.59. The summed E-state index contributed by atoms with van der Waals surface area (Å²) in [6.07, 6.45) is 3.57. The average Bonchev–Trinajstić information content (AvgIpc) is 2.93. The molecule has 0 atom stereocenters. The van der Waals surface area contributed by atoms with E-state index in [4.69, 9.17) is 14.8 Å². The molecule has 1 aliphatic rings. The van der Waals surface area contributed by atoms with Gasteiger partial charge in [-0.3, -0.25) is 0 Å². The van der Waals surface area contributed by atoms with E-state index in [-0.39, 0.29) is 0 Å². The molecular weight excluding hydrogens is 251 g/mol. The van der Waals surface area contributed by atoms with Crippen LogP contribution in [-0.4, -0.2) is 17.2 Å². The van der Waals surface area contributed by atoms with E-state index in [1.807, 2.05) is 18.2 Å². The SMILES string of the molecule is OB(O)c1ccc(COc2ccc3c(c2)CCC3)cc1. The maximum absolute atomic E-state index is 9.04. The van der Waals surface area contributed by atoms with E-state index in [0.29, 0.717) is 12.1 Å². The van der Waals surface area contributed by atoms with E-state index in [1.165, 1.54) is 24.0 Å². The highest BCUT2D eigenvalue weighted by Crippen LogP contribution is 2.26. The number of fused-ring (bicyclic) bond motifs is 1. The molecule has 4 heteroatoms. The van der Waals surface area contributed by atoms with Crippen LogP contribution in [0.4, 0.5) is 0 Å². The Labute approximate surface area is 119 Å². The van der Waals surface area contributed by atoms with Gasteiger partial charge in [-0.05, 0) is 53.5 Å². The van der Waals surface area contributed by atoms with Crippen LogP contribution in [-0.2, 0) is 19.4 Å². The highest BCUT2D eigenvalue weighted by molar-refractivity contribution is 6.58. The zero-order chi connectivity index (χ0) is 13.9. The van der Waals surface area contributed by atoms with Crippen molar-refractivity contribution in [1.82, 2.24) is 0 Å². The van der Waals surface area contributed by atoms with E-state index in [0.717, 1.165) is 17.7 Å². The van der Waals surface area contributed by atoms with Gasteiger partial charge in [0.25, 0.3) is 0 Å². The highest BCUT2D eigenvalue weighted by Gasteiger charge is 2.12. The lowest BCUT2D eigenvalue weighted by Gasteiger charge is -2.09. The Morgan fingerprint density at radius 2 is 1.70 bits per heavy atom. The fourth-order valence-electron chi connectivity index (χ4n) is 2.59. The molecule has 0 amide bonds. The Hall–Kier alpha value is -1.78. The van der Waals surface area contributed by atoms with Crippen LogP contribution in [0.3, 0.4) is 0 Å². The summed E-state index contributed by atoms with van der Waals surface area (Å²) in [6.45, 7) is 0.487. The molecule has 1 aliphatic carbocycles. The van der Waals surface area contributed by atoms with Gasteiger partial charge >= 0.3 is 7.12 Å². The average molecular weight is 268 g/mol. The van der Waals surface area contributed by atoms with Crippen LogP contribution in [0.15, 0.2) is 42.5 Å². The van der Waals surface area contributed by atoms with E-state index in [2.05, 4.69) is 12.1 Å². The van der Waals surface area contributed by atoms with Crippen molar-refractivity contribution in [3.63, 3.8) is 0 Å². The fraction of sp³-hybridized carbons (Fsp3) is 0.250. The van der Waals surface area contributed by atoms with E-state index in [9.17, 15) is 0 Å². The Balaban J connectivity index is 1.64. The first-order valence-electron chi connectivity index (χ1n) is 6.92. The number of aryl methyl sites for hydroxylation is 2. The zero-order valence-electron chi connectivity index (χ0n) is 11.2. The predicted molar refractivity (Wildman–Crippen MR) is 79.1 cm³/mol. The molecule has 20 heavy (non-hydrogen) atoms. The molecule has 3 nitrogen and oxygen atoms in total. The molecule has 0 heterocycles. The third-order valence-electron chi connectivity index (χ3n) is 3.75. The number of hydrogen-bond donors (Lipinski definition) is 2. The lowest BCUT2D eigenvalue weighted by Crippen LogP contribution is -2.29. The van der Waals surface area contributed by atoms with Crippen LogP contribution in [0.25, 0.3) is 0 Å². The van der Waals surface area contributed by atoms with Gasteiger partial charge in [0.1, 0.15) is 12.4 Å². The van der Waals surface area contributed by atoms with Crippen molar-refractivity contribution in [2.75, 3.05) is 0 Å². The minimum absolute atomic E-state index is 0.487. The van der Waals surface area contributed by atoms with Crippen LogP contribution in [0.2, 0.25) is 0 Å². The quantitative estimate of drug-likeness (QED) is 0.825. The smallest absolute Gasteiger partial charge is 0.488 e. The number of rotatable bonds is 4. The molecule has 3 rings (SSSR count). The van der Waals surface area contributed by atoms with Gasteiger partial charge in [-0.1, -0.05) is 30.3 Å². The molecular formula is C16H17BO3. The molecule has 0 radical (unpaired) electrons. The summed E-state index contributed by atoms with van der Waals surface area (Å²) in [5, 5.41) is 18.1. The normalized spacial score (nSPS) is 13.1. The van der Waals surface area contributed by atoms with E-state index >= 15 is 0 Å². The molecule has 0 fully saturated rings. The van der Waals surface area contributed by atoms with Gasteiger partial charge < -0.3 is 14.8 Å². The van der Waals surface area contributed by atoms with Gasteiger partial charge in [-0.2, -0.15) is 0 Å². The molecule has 2 aromatic rings. The Morgan fingerprint density at radius 1 is 0.950 bits per heavy atom. The van der Waals surface area contributed by atoms with Gasteiger partial charge in [0.05, 0.1) is 0 Å². The molecule has 0 aromatic heterocycles. The van der Waals surface area contributed by atoms with Crippen molar-refractivity contribution in [2.45, 2.75) is 25.9 Å². The number of benzene rings is 2. The Bertz CT molecular complexity index is 593. The van der Waals surface area contributed by atoms with Crippen molar-refractivity contribution < 1.29 is 14.8 Å². The summed E-state index contributed by atoms with van der Waals surface area (Å²) >= 11 is 0. The van der Waals surface area contributed by atoms with E-state index in [1.54, 1.807) is 12.1 Å². The summed E-state index contributed by atoms with van der Waals surface area (Å²) in [5.74, 6) is 0.900. The van der Waals surface area contributed by atoms with Crippen LogP contribution in [0.5, 0.6) is 5.75 Å². The van der Waals surface area contributed by atoms with E-state index < -0.39 is 7.12 Å².